The number of hydrogen-bond donors (Lipinski definition) is 2. The zero-order valence-electron chi connectivity index (χ0n) is 11.0. The van der Waals surface area contributed by atoms with Gasteiger partial charge in [0.1, 0.15) is 0 Å². The zero-order valence-corrected chi connectivity index (χ0v) is 11.0. The fourth-order valence-corrected chi connectivity index (χ4v) is 2.12. The van der Waals surface area contributed by atoms with Crippen molar-refractivity contribution in [1.29, 1.82) is 0 Å². The van der Waals surface area contributed by atoms with Crippen molar-refractivity contribution in [1.82, 2.24) is 10.6 Å². The summed E-state index contributed by atoms with van der Waals surface area (Å²) in [5.74, 6) is 1.22. The normalized spacial score (nSPS) is 25.9. The molecule has 0 spiro atoms. The van der Waals surface area contributed by atoms with Crippen LogP contribution in [0, 0.1) is 5.92 Å². The lowest BCUT2D eigenvalue weighted by Crippen LogP contribution is -2.45. The SMILES string of the molecule is CN=C(NCCC(F)(F)F)NC1CCC(C)CC1. The molecular weight excluding hydrogens is 243 g/mol. The first-order chi connectivity index (χ1) is 8.40. The minimum absolute atomic E-state index is 0.133. The van der Waals surface area contributed by atoms with Crippen LogP contribution in [0.5, 0.6) is 0 Å². The van der Waals surface area contributed by atoms with Crippen LogP contribution in [0.2, 0.25) is 0 Å². The van der Waals surface area contributed by atoms with Gasteiger partial charge in [-0.1, -0.05) is 6.92 Å². The highest BCUT2D eigenvalue weighted by Gasteiger charge is 2.26. The Morgan fingerprint density at radius 2 is 1.83 bits per heavy atom. The van der Waals surface area contributed by atoms with Gasteiger partial charge in [0.15, 0.2) is 5.96 Å². The van der Waals surface area contributed by atoms with Crippen LogP contribution in [-0.2, 0) is 0 Å². The largest absolute Gasteiger partial charge is 0.390 e. The average molecular weight is 265 g/mol. The van der Waals surface area contributed by atoms with Crippen molar-refractivity contribution in [2.24, 2.45) is 10.9 Å². The van der Waals surface area contributed by atoms with E-state index in [0.29, 0.717) is 12.0 Å². The Hall–Kier alpha value is -0.940. The molecule has 0 aromatic heterocycles. The molecule has 1 aliphatic carbocycles. The molecule has 0 aliphatic heterocycles. The van der Waals surface area contributed by atoms with Crippen LogP contribution in [0.4, 0.5) is 13.2 Å². The molecule has 0 unspecified atom stereocenters. The minimum atomic E-state index is -4.12. The van der Waals surface area contributed by atoms with Crippen LogP contribution < -0.4 is 10.6 Å². The Morgan fingerprint density at radius 1 is 1.22 bits per heavy atom. The molecule has 0 amide bonds. The van der Waals surface area contributed by atoms with Crippen molar-refractivity contribution in [3.63, 3.8) is 0 Å². The van der Waals surface area contributed by atoms with E-state index >= 15 is 0 Å². The molecule has 0 atom stereocenters. The molecule has 1 saturated carbocycles. The zero-order chi connectivity index (χ0) is 13.6. The summed E-state index contributed by atoms with van der Waals surface area (Å²) >= 11 is 0. The standard InChI is InChI=1S/C12H22F3N3/c1-9-3-5-10(6-4-9)18-11(16-2)17-8-7-12(13,14)15/h9-10H,3-8H2,1-2H3,(H2,16,17,18). The van der Waals surface area contributed by atoms with Gasteiger partial charge in [0.25, 0.3) is 0 Å². The quantitative estimate of drug-likeness (QED) is 0.608. The highest BCUT2D eigenvalue weighted by atomic mass is 19.4. The number of guanidine groups is 1. The molecule has 106 valence electrons. The second kappa shape index (κ2) is 6.85. The van der Waals surface area contributed by atoms with E-state index in [9.17, 15) is 13.2 Å². The van der Waals surface area contributed by atoms with E-state index in [2.05, 4.69) is 22.5 Å². The van der Waals surface area contributed by atoms with Crippen LogP contribution in [0.25, 0.3) is 0 Å². The summed E-state index contributed by atoms with van der Waals surface area (Å²) in [7, 11) is 1.58. The molecule has 0 heterocycles. The number of hydrogen-bond acceptors (Lipinski definition) is 1. The second-order valence-electron chi connectivity index (χ2n) is 4.97. The number of nitrogens with one attached hydrogen (secondary N) is 2. The molecule has 6 heteroatoms. The minimum Gasteiger partial charge on any atom is -0.356 e. The van der Waals surface area contributed by atoms with Crippen LogP contribution in [0.15, 0.2) is 4.99 Å². The molecule has 0 bridgehead atoms. The molecular formula is C12H22F3N3. The predicted octanol–water partition coefficient (Wildman–Crippen LogP) is 2.68. The van der Waals surface area contributed by atoms with Gasteiger partial charge in [-0.15, -0.1) is 0 Å². The van der Waals surface area contributed by atoms with E-state index in [-0.39, 0.29) is 6.54 Å². The Kier molecular flexibility index (Phi) is 5.75. The van der Waals surface area contributed by atoms with Gasteiger partial charge in [-0.25, -0.2) is 0 Å². The first kappa shape index (κ1) is 15.1. The van der Waals surface area contributed by atoms with E-state index in [1.54, 1.807) is 7.05 Å². The van der Waals surface area contributed by atoms with Gasteiger partial charge in [0.05, 0.1) is 6.42 Å². The van der Waals surface area contributed by atoms with E-state index in [1.807, 2.05) is 0 Å². The molecule has 18 heavy (non-hydrogen) atoms. The topological polar surface area (TPSA) is 36.4 Å². The Labute approximate surface area is 106 Å². The number of nitrogens with zero attached hydrogens (tertiary/aromatic N) is 1. The van der Waals surface area contributed by atoms with Crippen LogP contribution in [0.3, 0.4) is 0 Å². The summed E-state index contributed by atoms with van der Waals surface area (Å²) in [6, 6.07) is 0.332. The highest BCUT2D eigenvalue weighted by Crippen LogP contribution is 2.23. The summed E-state index contributed by atoms with van der Waals surface area (Å²) in [5, 5.41) is 5.89. The number of aliphatic imine (C=N–C) groups is 1. The molecule has 0 aromatic carbocycles. The fourth-order valence-electron chi connectivity index (χ4n) is 2.12. The summed E-state index contributed by atoms with van der Waals surface area (Å²) in [4.78, 5) is 3.95. The number of alkyl halides is 3. The number of rotatable bonds is 3. The van der Waals surface area contributed by atoms with Crippen molar-refractivity contribution in [3.8, 4) is 0 Å². The highest BCUT2D eigenvalue weighted by molar-refractivity contribution is 5.79. The Bertz CT molecular complexity index is 268. The van der Waals surface area contributed by atoms with Gasteiger partial charge in [-0.05, 0) is 31.6 Å². The molecule has 2 N–H and O–H groups in total. The van der Waals surface area contributed by atoms with Gasteiger partial charge >= 0.3 is 6.18 Å². The lowest BCUT2D eigenvalue weighted by molar-refractivity contribution is -0.132. The maximum absolute atomic E-state index is 12.0. The third-order valence-electron chi connectivity index (χ3n) is 3.28. The Balaban J connectivity index is 2.26. The third-order valence-corrected chi connectivity index (χ3v) is 3.28. The first-order valence-corrected chi connectivity index (χ1v) is 6.44. The maximum Gasteiger partial charge on any atom is 0.390 e. The molecule has 0 radical (unpaired) electrons. The lowest BCUT2D eigenvalue weighted by atomic mass is 9.87. The fraction of sp³-hybridized carbons (Fsp3) is 0.917. The van der Waals surface area contributed by atoms with Crippen molar-refractivity contribution in [2.45, 2.75) is 51.2 Å². The summed E-state index contributed by atoms with van der Waals surface area (Å²) < 4.78 is 36.0. The van der Waals surface area contributed by atoms with Crippen LogP contribution in [-0.4, -0.2) is 31.8 Å². The van der Waals surface area contributed by atoms with Crippen molar-refractivity contribution < 1.29 is 13.2 Å². The number of halogens is 3. The summed E-state index contributed by atoms with van der Waals surface area (Å²) in [5.41, 5.74) is 0. The molecule has 0 saturated heterocycles. The van der Waals surface area contributed by atoms with Crippen LogP contribution >= 0.6 is 0 Å². The van der Waals surface area contributed by atoms with Crippen molar-refractivity contribution in [3.05, 3.63) is 0 Å². The van der Waals surface area contributed by atoms with Crippen LogP contribution in [0.1, 0.15) is 39.0 Å². The summed E-state index contributed by atoms with van der Waals surface area (Å²) in [6.45, 7) is 2.10. The molecule has 1 rings (SSSR count). The van der Waals surface area contributed by atoms with E-state index < -0.39 is 12.6 Å². The van der Waals surface area contributed by atoms with Gasteiger partial charge in [-0.3, -0.25) is 4.99 Å². The molecule has 3 nitrogen and oxygen atoms in total. The monoisotopic (exact) mass is 265 g/mol. The third kappa shape index (κ3) is 6.12. The molecule has 1 aliphatic rings. The lowest BCUT2D eigenvalue weighted by Gasteiger charge is -2.28. The average Bonchev–Trinajstić information content (AvgIpc) is 2.29. The molecule has 1 fully saturated rings. The Morgan fingerprint density at radius 3 is 2.33 bits per heavy atom. The van der Waals surface area contributed by atoms with E-state index in [1.165, 1.54) is 0 Å². The summed E-state index contributed by atoms with van der Waals surface area (Å²) in [6.07, 6.45) is -0.516. The molecule has 0 aromatic rings. The van der Waals surface area contributed by atoms with Crippen molar-refractivity contribution in [2.75, 3.05) is 13.6 Å². The van der Waals surface area contributed by atoms with Crippen molar-refractivity contribution >= 4 is 5.96 Å². The van der Waals surface area contributed by atoms with Gasteiger partial charge < -0.3 is 10.6 Å². The first-order valence-electron chi connectivity index (χ1n) is 6.44. The second-order valence-corrected chi connectivity index (χ2v) is 4.97. The maximum atomic E-state index is 12.0. The van der Waals surface area contributed by atoms with Gasteiger partial charge in [0, 0.05) is 19.6 Å². The van der Waals surface area contributed by atoms with E-state index in [0.717, 1.165) is 31.6 Å². The predicted molar refractivity (Wildman–Crippen MR) is 66.6 cm³/mol. The van der Waals surface area contributed by atoms with E-state index in [4.69, 9.17) is 0 Å². The smallest absolute Gasteiger partial charge is 0.356 e. The van der Waals surface area contributed by atoms with Gasteiger partial charge in [0.2, 0.25) is 0 Å². The van der Waals surface area contributed by atoms with Gasteiger partial charge in [-0.2, -0.15) is 13.2 Å².